The van der Waals surface area contributed by atoms with E-state index in [4.69, 9.17) is 10.6 Å². The smallest absolute Gasteiger partial charge is 0.239 e. The minimum absolute atomic E-state index is 0.437. The topological polar surface area (TPSA) is 64.3 Å². The molecule has 0 aliphatic rings. The molecular formula is C7H8N2O2. The normalized spacial score (nSPS) is 8.73. The van der Waals surface area contributed by atoms with Crippen molar-refractivity contribution in [2.75, 3.05) is 5.73 Å². The van der Waals surface area contributed by atoms with Crippen LogP contribution in [0.3, 0.4) is 0 Å². The third-order valence-electron chi connectivity index (χ3n) is 1.14. The fourth-order valence-corrected chi connectivity index (χ4v) is 0.661. The Balaban J connectivity index is 2.69. The van der Waals surface area contributed by atoms with Crippen LogP contribution in [0.2, 0.25) is 0 Å². The zero-order chi connectivity index (χ0) is 8.10. The number of nitrogens with two attached hydrogens (primary N) is 1. The van der Waals surface area contributed by atoms with Gasteiger partial charge in [-0.25, -0.2) is 0 Å². The van der Waals surface area contributed by atoms with E-state index in [1.807, 2.05) is 5.48 Å². The molecule has 1 aromatic rings. The molecule has 0 saturated heterocycles. The van der Waals surface area contributed by atoms with Crippen LogP contribution in [-0.4, -0.2) is 6.41 Å². The molecule has 1 aromatic carbocycles. The Morgan fingerprint density at radius 3 is 2.82 bits per heavy atom. The summed E-state index contributed by atoms with van der Waals surface area (Å²) in [6.07, 6.45) is 0.437. The van der Waals surface area contributed by atoms with Crippen LogP contribution in [0.1, 0.15) is 0 Å². The van der Waals surface area contributed by atoms with Gasteiger partial charge < -0.3 is 10.6 Å². The largest absolute Gasteiger partial charge is 0.396 e. The minimum atomic E-state index is 0.437. The first-order chi connectivity index (χ1) is 5.34. The molecule has 4 heteroatoms. The summed E-state index contributed by atoms with van der Waals surface area (Å²) in [6.45, 7) is 0. The number of anilines is 1. The Hall–Kier alpha value is -1.71. The number of nitrogens with one attached hydrogen (secondary N) is 1. The van der Waals surface area contributed by atoms with Crippen molar-refractivity contribution in [2.24, 2.45) is 0 Å². The standard InChI is InChI=1S/C7H8N2O2/c8-6-3-1-2-4-7(6)11-9-5-10/h1-5H,8H2,(H,9,10). The van der Waals surface area contributed by atoms with Crippen LogP contribution < -0.4 is 16.1 Å². The summed E-state index contributed by atoms with van der Waals surface area (Å²) < 4.78 is 0. The van der Waals surface area contributed by atoms with Crippen molar-refractivity contribution in [3.05, 3.63) is 24.3 Å². The van der Waals surface area contributed by atoms with E-state index in [-0.39, 0.29) is 0 Å². The molecule has 0 aliphatic carbocycles. The quantitative estimate of drug-likeness (QED) is 0.372. The van der Waals surface area contributed by atoms with Crippen molar-refractivity contribution in [2.45, 2.75) is 0 Å². The van der Waals surface area contributed by atoms with Gasteiger partial charge in [-0.15, -0.1) is 0 Å². The summed E-state index contributed by atoms with van der Waals surface area (Å²) in [6, 6.07) is 6.88. The van der Waals surface area contributed by atoms with Crippen LogP contribution >= 0.6 is 0 Å². The molecule has 4 nitrogen and oxygen atoms in total. The van der Waals surface area contributed by atoms with E-state index in [1.54, 1.807) is 24.3 Å². The van der Waals surface area contributed by atoms with Gasteiger partial charge in [0.05, 0.1) is 5.69 Å². The van der Waals surface area contributed by atoms with Crippen LogP contribution in [0, 0.1) is 0 Å². The van der Waals surface area contributed by atoms with Crippen molar-refractivity contribution in [3.63, 3.8) is 0 Å². The van der Waals surface area contributed by atoms with Gasteiger partial charge in [-0.2, -0.15) is 5.48 Å². The number of rotatable bonds is 3. The molecule has 0 bridgehead atoms. The molecule has 0 aliphatic heterocycles. The number of para-hydroxylation sites is 2. The average molecular weight is 152 g/mol. The molecule has 0 spiro atoms. The number of hydrogen-bond donors (Lipinski definition) is 2. The second-order valence-electron chi connectivity index (χ2n) is 1.88. The van der Waals surface area contributed by atoms with Crippen LogP contribution in [0.4, 0.5) is 5.69 Å². The maximum atomic E-state index is 9.81. The lowest BCUT2D eigenvalue weighted by molar-refractivity contribution is -0.115. The van der Waals surface area contributed by atoms with Crippen molar-refractivity contribution in [1.82, 2.24) is 5.48 Å². The minimum Gasteiger partial charge on any atom is -0.396 e. The summed E-state index contributed by atoms with van der Waals surface area (Å²) in [5.74, 6) is 0.444. The molecule has 3 N–H and O–H groups in total. The third-order valence-corrected chi connectivity index (χ3v) is 1.14. The maximum absolute atomic E-state index is 9.81. The molecule has 0 fully saturated rings. The SMILES string of the molecule is Nc1ccccc1ONC=O. The second kappa shape index (κ2) is 3.46. The lowest BCUT2D eigenvalue weighted by Crippen LogP contribution is -2.16. The van der Waals surface area contributed by atoms with Gasteiger partial charge >= 0.3 is 0 Å². The van der Waals surface area contributed by atoms with E-state index >= 15 is 0 Å². The van der Waals surface area contributed by atoms with E-state index in [9.17, 15) is 4.79 Å². The van der Waals surface area contributed by atoms with Crippen LogP contribution in [-0.2, 0) is 4.79 Å². The van der Waals surface area contributed by atoms with Gasteiger partial charge in [0.25, 0.3) is 0 Å². The lowest BCUT2D eigenvalue weighted by Gasteiger charge is -2.03. The Morgan fingerprint density at radius 2 is 2.18 bits per heavy atom. The third kappa shape index (κ3) is 1.86. The molecule has 0 aromatic heterocycles. The van der Waals surface area contributed by atoms with Gasteiger partial charge in [-0.05, 0) is 12.1 Å². The number of hydroxylamine groups is 1. The zero-order valence-corrected chi connectivity index (χ0v) is 5.78. The predicted octanol–water partition coefficient (Wildman–Crippen LogP) is 0.309. The first-order valence-corrected chi connectivity index (χ1v) is 3.05. The predicted molar refractivity (Wildman–Crippen MR) is 40.7 cm³/mol. The highest BCUT2D eigenvalue weighted by molar-refractivity contribution is 5.53. The van der Waals surface area contributed by atoms with Crippen molar-refractivity contribution in [1.29, 1.82) is 0 Å². The first-order valence-electron chi connectivity index (χ1n) is 3.05. The zero-order valence-electron chi connectivity index (χ0n) is 5.78. The summed E-state index contributed by atoms with van der Waals surface area (Å²) in [4.78, 5) is 14.6. The summed E-state index contributed by atoms with van der Waals surface area (Å²) in [7, 11) is 0. The fraction of sp³-hybridized carbons (Fsp3) is 0. The summed E-state index contributed by atoms with van der Waals surface area (Å²) >= 11 is 0. The Labute approximate surface area is 63.9 Å². The monoisotopic (exact) mass is 152 g/mol. The highest BCUT2D eigenvalue weighted by Gasteiger charge is 1.95. The molecule has 0 radical (unpaired) electrons. The van der Waals surface area contributed by atoms with E-state index in [1.165, 1.54) is 0 Å². The van der Waals surface area contributed by atoms with Crippen LogP contribution in [0.5, 0.6) is 5.75 Å². The van der Waals surface area contributed by atoms with Gasteiger partial charge in [-0.1, -0.05) is 12.1 Å². The molecule has 11 heavy (non-hydrogen) atoms. The summed E-state index contributed by atoms with van der Waals surface area (Å²) in [5, 5.41) is 0. The van der Waals surface area contributed by atoms with Crippen LogP contribution in [0.15, 0.2) is 24.3 Å². The average Bonchev–Trinajstić information content (AvgIpc) is 2.03. The Bertz CT molecular complexity index is 250. The van der Waals surface area contributed by atoms with E-state index in [0.29, 0.717) is 17.8 Å². The summed E-state index contributed by atoms with van der Waals surface area (Å²) in [5.41, 5.74) is 8.01. The first kappa shape index (κ1) is 7.40. The number of benzene rings is 1. The molecule has 0 saturated carbocycles. The van der Waals surface area contributed by atoms with Crippen molar-refractivity contribution < 1.29 is 9.63 Å². The molecule has 1 amide bonds. The number of carbonyl (C=O) groups is 1. The molecule has 58 valence electrons. The Morgan fingerprint density at radius 1 is 1.45 bits per heavy atom. The highest BCUT2D eigenvalue weighted by atomic mass is 16.7. The molecule has 0 heterocycles. The molecule has 1 rings (SSSR count). The second-order valence-corrected chi connectivity index (χ2v) is 1.88. The van der Waals surface area contributed by atoms with E-state index in [0.717, 1.165) is 0 Å². The van der Waals surface area contributed by atoms with Gasteiger partial charge in [-0.3, -0.25) is 4.79 Å². The van der Waals surface area contributed by atoms with Gasteiger partial charge in [0.2, 0.25) is 6.41 Å². The van der Waals surface area contributed by atoms with Crippen molar-refractivity contribution >= 4 is 12.1 Å². The number of carbonyl (C=O) groups excluding carboxylic acids is 1. The molecule has 0 atom stereocenters. The van der Waals surface area contributed by atoms with Crippen LogP contribution in [0.25, 0.3) is 0 Å². The van der Waals surface area contributed by atoms with Crippen molar-refractivity contribution in [3.8, 4) is 5.75 Å². The number of hydrogen-bond acceptors (Lipinski definition) is 3. The van der Waals surface area contributed by atoms with E-state index in [2.05, 4.69) is 0 Å². The maximum Gasteiger partial charge on any atom is 0.239 e. The molecule has 0 unspecified atom stereocenters. The number of amides is 1. The van der Waals surface area contributed by atoms with Gasteiger partial charge in [0.1, 0.15) is 0 Å². The van der Waals surface area contributed by atoms with Gasteiger partial charge in [0, 0.05) is 0 Å². The highest BCUT2D eigenvalue weighted by Crippen LogP contribution is 2.18. The Kier molecular flexibility index (Phi) is 2.32. The van der Waals surface area contributed by atoms with E-state index < -0.39 is 0 Å². The molecular weight excluding hydrogens is 144 g/mol. The van der Waals surface area contributed by atoms with Gasteiger partial charge in [0.15, 0.2) is 5.75 Å². The lowest BCUT2D eigenvalue weighted by atomic mass is 10.3. The fourth-order valence-electron chi connectivity index (χ4n) is 0.661. The number of nitrogen functional groups attached to an aromatic ring is 1.